The van der Waals surface area contributed by atoms with Gasteiger partial charge in [-0.3, -0.25) is 10.1 Å². The molecule has 0 amide bonds. The molecule has 0 saturated carbocycles. The third-order valence-electron chi connectivity index (χ3n) is 2.21. The Hall–Kier alpha value is -2.76. The fraction of sp³-hybridized carbons (Fsp3) is 0. The van der Waals surface area contributed by atoms with Crippen molar-refractivity contribution in [1.29, 1.82) is 0 Å². The zero-order valence-corrected chi connectivity index (χ0v) is 9.22. The number of hydrogen-bond acceptors (Lipinski definition) is 5. The van der Waals surface area contributed by atoms with Crippen molar-refractivity contribution in [2.45, 2.75) is 0 Å². The van der Waals surface area contributed by atoms with Crippen molar-refractivity contribution in [2.75, 3.05) is 0 Å². The normalized spacial score (nSPS) is 10.7. The summed E-state index contributed by atoms with van der Waals surface area (Å²) in [5.41, 5.74) is 0.149. The highest BCUT2D eigenvalue weighted by Crippen LogP contribution is 2.36. The highest BCUT2D eigenvalue weighted by atomic mass is 16.6. The van der Waals surface area contributed by atoms with Crippen molar-refractivity contribution in [3.05, 3.63) is 58.6 Å². The van der Waals surface area contributed by atoms with Crippen molar-refractivity contribution in [1.82, 2.24) is 0 Å². The molecule has 0 heterocycles. The Balaban J connectivity index is 2.38. The van der Waals surface area contributed by atoms with Crippen molar-refractivity contribution >= 4 is 17.1 Å². The number of aromatic hydroxyl groups is 1. The van der Waals surface area contributed by atoms with Crippen LogP contribution in [0.1, 0.15) is 0 Å². The van der Waals surface area contributed by atoms with Crippen LogP contribution in [0.25, 0.3) is 0 Å². The van der Waals surface area contributed by atoms with Crippen LogP contribution in [0.15, 0.2) is 58.8 Å². The predicted octanol–water partition coefficient (Wildman–Crippen LogP) is 3.72. The third kappa shape index (κ3) is 2.49. The van der Waals surface area contributed by atoms with Crippen LogP contribution in [0.3, 0.4) is 0 Å². The number of azo groups is 1. The van der Waals surface area contributed by atoms with Crippen LogP contribution in [-0.2, 0) is 0 Å². The van der Waals surface area contributed by atoms with Crippen LogP contribution in [0.4, 0.5) is 17.1 Å². The van der Waals surface area contributed by atoms with Crippen LogP contribution >= 0.6 is 0 Å². The smallest absolute Gasteiger partial charge is 0.337 e. The van der Waals surface area contributed by atoms with E-state index in [2.05, 4.69) is 10.2 Å². The summed E-state index contributed by atoms with van der Waals surface area (Å²) in [5.74, 6) is -0.426. The second kappa shape index (κ2) is 5.05. The molecule has 0 bridgehead atoms. The van der Waals surface area contributed by atoms with Gasteiger partial charge in [-0.15, -0.1) is 5.11 Å². The maximum atomic E-state index is 10.8. The Labute approximate surface area is 102 Å². The number of nitrogens with zero attached hydrogens (tertiary/aromatic N) is 3. The third-order valence-corrected chi connectivity index (χ3v) is 2.21. The molecule has 18 heavy (non-hydrogen) atoms. The number of nitro benzene ring substituents is 1. The van der Waals surface area contributed by atoms with Gasteiger partial charge in [-0.1, -0.05) is 24.3 Å². The molecule has 0 aromatic heterocycles. The molecule has 0 aliphatic carbocycles. The van der Waals surface area contributed by atoms with Gasteiger partial charge in [0.2, 0.25) is 0 Å². The van der Waals surface area contributed by atoms with Gasteiger partial charge in [-0.05, 0) is 24.3 Å². The maximum Gasteiger partial charge on any atom is 0.337 e. The molecule has 0 aliphatic rings. The van der Waals surface area contributed by atoms with Gasteiger partial charge >= 0.3 is 5.69 Å². The van der Waals surface area contributed by atoms with Gasteiger partial charge in [0.1, 0.15) is 0 Å². The van der Waals surface area contributed by atoms with E-state index in [1.807, 2.05) is 6.07 Å². The van der Waals surface area contributed by atoms with E-state index in [0.717, 1.165) is 0 Å². The van der Waals surface area contributed by atoms with Gasteiger partial charge in [0, 0.05) is 0 Å². The van der Waals surface area contributed by atoms with Crippen molar-refractivity contribution < 1.29 is 10.0 Å². The lowest BCUT2D eigenvalue weighted by Gasteiger charge is -1.98. The summed E-state index contributed by atoms with van der Waals surface area (Å²) >= 11 is 0. The molecule has 90 valence electrons. The van der Waals surface area contributed by atoms with Crippen molar-refractivity contribution in [2.24, 2.45) is 10.2 Å². The lowest BCUT2D eigenvalue weighted by molar-refractivity contribution is -0.385. The minimum absolute atomic E-state index is 0.0175. The minimum atomic E-state index is -0.686. The molecule has 0 spiro atoms. The molecule has 6 heteroatoms. The lowest BCUT2D eigenvalue weighted by Crippen LogP contribution is -1.88. The molecular formula is C12H9N3O3. The Morgan fingerprint density at radius 3 is 2.39 bits per heavy atom. The number of benzene rings is 2. The highest BCUT2D eigenvalue weighted by molar-refractivity contribution is 5.64. The van der Waals surface area contributed by atoms with E-state index in [9.17, 15) is 15.2 Å². The fourth-order valence-corrected chi connectivity index (χ4v) is 1.39. The van der Waals surface area contributed by atoms with Crippen LogP contribution in [-0.4, -0.2) is 10.0 Å². The summed E-state index contributed by atoms with van der Waals surface area (Å²) in [6.07, 6.45) is 0. The number of nitro groups is 1. The number of rotatable bonds is 3. The zero-order chi connectivity index (χ0) is 13.0. The summed E-state index contributed by atoms with van der Waals surface area (Å²) in [5, 5.41) is 27.9. The Kier molecular flexibility index (Phi) is 3.29. The second-order valence-corrected chi connectivity index (χ2v) is 3.44. The first-order chi connectivity index (χ1) is 8.68. The second-order valence-electron chi connectivity index (χ2n) is 3.44. The van der Waals surface area contributed by atoms with E-state index in [-0.39, 0.29) is 5.69 Å². The van der Waals surface area contributed by atoms with E-state index in [4.69, 9.17) is 0 Å². The summed E-state index contributed by atoms with van der Waals surface area (Å²) in [6.45, 7) is 0. The minimum Gasteiger partial charge on any atom is -0.502 e. The summed E-state index contributed by atoms with van der Waals surface area (Å²) in [4.78, 5) is 10.1. The van der Waals surface area contributed by atoms with Gasteiger partial charge in [0.15, 0.2) is 11.4 Å². The lowest BCUT2D eigenvalue weighted by atomic mass is 10.2. The summed E-state index contributed by atoms with van der Waals surface area (Å²) in [7, 11) is 0. The van der Waals surface area contributed by atoms with E-state index in [0.29, 0.717) is 5.69 Å². The van der Waals surface area contributed by atoms with Crippen molar-refractivity contribution in [3.8, 4) is 5.75 Å². The van der Waals surface area contributed by atoms with Gasteiger partial charge in [-0.2, -0.15) is 5.11 Å². The number of hydrogen-bond donors (Lipinski definition) is 1. The largest absolute Gasteiger partial charge is 0.502 e. The SMILES string of the molecule is O=[N+]([O-])c1c(O)cccc1N=Nc1ccccc1. The van der Waals surface area contributed by atoms with E-state index < -0.39 is 16.4 Å². The Morgan fingerprint density at radius 2 is 1.72 bits per heavy atom. The molecule has 0 atom stereocenters. The molecule has 2 rings (SSSR count). The quantitative estimate of drug-likeness (QED) is 0.506. The summed E-state index contributed by atoms with van der Waals surface area (Å²) < 4.78 is 0. The van der Waals surface area contributed by atoms with E-state index in [1.165, 1.54) is 18.2 Å². The Morgan fingerprint density at radius 1 is 1.00 bits per heavy atom. The molecule has 0 aliphatic heterocycles. The molecule has 0 unspecified atom stereocenters. The fourth-order valence-electron chi connectivity index (χ4n) is 1.39. The van der Waals surface area contributed by atoms with E-state index in [1.54, 1.807) is 24.3 Å². The maximum absolute atomic E-state index is 10.8. The number of para-hydroxylation sites is 1. The molecule has 2 aromatic rings. The predicted molar refractivity (Wildman–Crippen MR) is 65.4 cm³/mol. The van der Waals surface area contributed by atoms with Crippen molar-refractivity contribution in [3.63, 3.8) is 0 Å². The molecular weight excluding hydrogens is 234 g/mol. The van der Waals surface area contributed by atoms with Crippen LogP contribution < -0.4 is 0 Å². The van der Waals surface area contributed by atoms with Crippen LogP contribution in [0.5, 0.6) is 5.75 Å². The van der Waals surface area contributed by atoms with Gasteiger partial charge in [0.25, 0.3) is 0 Å². The Bertz CT molecular complexity index is 597. The van der Waals surface area contributed by atoms with Gasteiger partial charge in [0.05, 0.1) is 10.6 Å². The first-order valence-electron chi connectivity index (χ1n) is 5.11. The molecule has 0 fully saturated rings. The van der Waals surface area contributed by atoms with Gasteiger partial charge < -0.3 is 5.11 Å². The van der Waals surface area contributed by atoms with E-state index >= 15 is 0 Å². The average molecular weight is 243 g/mol. The topological polar surface area (TPSA) is 88.1 Å². The molecule has 0 radical (unpaired) electrons. The number of phenolic OH excluding ortho intramolecular Hbond substituents is 1. The summed E-state index contributed by atoms with van der Waals surface area (Å²) in [6, 6.07) is 13.0. The molecule has 2 aromatic carbocycles. The highest BCUT2D eigenvalue weighted by Gasteiger charge is 2.18. The first kappa shape index (κ1) is 11.7. The first-order valence-corrected chi connectivity index (χ1v) is 5.11. The zero-order valence-electron chi connectivity index (χ0n) is 9.22. The monoisotopic (exact) mass is 243 g/mol. The van der Waals surface area contributed by atoms with Gasteiger partial charge in [-0.25, -0.2) is 0 Å². The molecule has 6 nitrogen and oxygen atoms in total. The molecule has 0 saturated heterocycles. The van der Waals surface area contributed by atoms with Crippen LogP contribution in [0, 0.1) is 10.1 Å². The molecule has 1 N–H and O–H groups in total. The standard InChI is InChI=1S/C12H9N3O3/c16-11-8-4-7-10(12(11)15(17)18)14-13-9-5-2-1-3-6-9/h1-8,16H. The van der Waals surface area contributed by atoms with Crippen LogP contribution in [0.2, 0.25) is 0 Å². The average Bonchev–Trinajstić information content (AvgIpc) is 2.37. The number of phenols is 1.